The molecule has 0 spiro atoms. The fourth-order valence-electron chi connectivity index (χ4n) is 2.85. The zero-order valence-corrected chi connectivity index (χ0v) is 17.5. The molecular weight excluding hydrogens is 438 g/mol. The Morgan fingerprint density at radius 3 is 2.54 bits per heavy atom. The highest BCUT2D eigenvalue weighted by Crippen LogP contribution is 2.23. The molecule has 1 fully saturated rings. The monoisotopic (exact) mass is 457 g/mol. The van der Waals surface area contributed by atoms with Gasteiger partial charge in [-0.05, 0) is 36.6 Å². The molecule has 0 aliphatic carbocycles. The highest BCUT2D eigenvalue weighted by molar-refractivity contribution is 9.10. The van der Waals surface area contributed by atoms with E-state index in [9.17, 15) is 13.2 Å². The molecular formula is C17H20BrN3O3S2. The zero-order valence-electron chi connectivity index (χ0n) is 14.3. The molecule has 0 radical (unpaired) electrons. The number of amides is 1. The van der Waals surface area contributed by atoms with Crippen LogP contribution < -0.4 is 5.32 Å². The molecule has 6 nitrogen and oxygen atoms in total. The number of sulfonamides is 1. The van der Waals surface area contributed by atoms with Crippen molar-refractivity contribution in [3.05, 3.63) is 46.3 Å². The third-order valence-corrected chi connectivity index (χ3v) is 8.15. The van der Waals surface area contributed by atoms with Crippen molar-refractivity contribution in [2.75, 3.05) is 31.5 Å². The van der Waals surface area contributed by atoms with Crippen molar-refractivity contribution in [1.82, 2.24) is 9.21 Å². The summed E-state index contributed by atoms with van der Waals surface area (Å²) in [6.45, 7) is 3.66. The van der Waals surface area contributed by atoms with Gasteiger partial charge in [-0.25, -0.2) is 8.42 Å². The molecule has 1 amide bonds. The number of nitrogens with zero attached hydrogens (tertiary/aromatic N) is 2. The number of piperazine rings is 1. The Balaban J connectivity index is 1.58. The Bertz CT molecular complexity index is 863. The summed E-state index contributed by atoms with van der Waals surface area (Å²) in [6, 6.07) is 10.5. The third-order valence-electron chi connectivity index (χ3n) is 4.38. The van der Waals surface area contributed by atoms with Crippen LogP contribution in [0.3, 0.4) is 0 Å². The van der Waals surface area contributed by atoms with Gasteiger partial charge in [-0.3, -0.25) is 9.69 Å². The summed E-state index contributed by atoms with van der Waals surface area (Å²) < 4.78 is 27.9. The Morgan fingerprint density at radius 1 is 1.19 bits per heavy atom. The second-order valence-corrected chi connectivity index (χ2v) is 10.1. The number of anilines is 1. The number of benzene rings is 1. The van der Waals surface area contributed by atoms with Crippen LogP contribution in [0, 0.1) is 0 Å². The van der Waals surface area contributed by atoms with E-state index in [1.807, 2.05) is 36.1 Å². The molecule has 2 aromatic rings. The Morgan fingerprint density at radius 2 is 1.92 bits per heavy atom. The molecule has 140 valence electrons. The maximum Gasteiger partial charge on any atom is 0.252 e. The second-order valence-electron chi connectivity index (χ2n) is 6.05. The van der Waals surface area contributed by atoms with Gasteiger partial charge < -0.3 is 5.32 Å². The predicted molar refractivity (Wildman–Crippen MR) is 107 cm³/mol. The number of hydrogen-bond acceptors (Lipinski definition) is 5. The molecule has 1 N–H and O–H groups in total. The van der Waals surface area contributed by atoms with Gasteiger partial charge in [0.05, 0.1) is 6.04 Å². The lowest BCUT2D eigenvalue weighted by molar-refractivity contribution is -0.121. The summed E-state index contributed by atoms with van der Waals surface area (Å²) in [7, 11) is -3.42. The first-order valence-electron chi connectivity index (χ1n) is 8.22. The normalized spacial score (nSPS) is 17.8. The standard InChI is InChI=1S/C17H20BrN3O3S2/c1-13(17(22)19-15-5-2-4-14(18)12-15)20-7-9-21(10-8-20)26(23,24)16-6-3-11-25-16/h2-6,11-13H,7-10H2,1H3,(H,19,22). The molecule has 2 heterocycles. The van der Waals surface area contributed by atoms with E-state index < -0.39 is 10.0 Å². The minimum absolute atomic E-state index is 0.0994. The van der Waals surface area contributed by atoms with Gasteiger partial charge in [0, 0.05) is 36.3 Å². The van der Waals surface area contributed by atoms with Crippen molar-refractivity contribution in [3.63, 3.8) is 0 Å². The number of thiophene rings is 1. The van der Waals surface area contributed by atoms with Crippen molar-refractivity contribution in [1.29, 1.82) is 0 Å². The van der Waals surface area contributed by atoms with Gasteiger partial charge in [0.25, 0.3) is 10.0 Å². The van der Waals surface area contributed by atoms with Gasteiger partial charge in [-0.15, -0.1) is 11.3 Å². The average Bonchev–Trinajstić information content (AvgIpc) is 3.17. The Hall–Kier alpha value is -1.26. The van der Waals surface area contributed by atoms with Crippen LogP contribution in [0.5, 0.6) is 0 Å². The van der Waals surface area contributed by atoms with E-state index in [-0.39, 0.29) is 11.9 Å². The molecule has 1 aromatic heterocycles. The summed E-state index contributed by atoms with van der Waals surface area (Å²) in [5.41, 5.74) is 0.732. The topological polar surface area (TPSA) is 69.7 Å². The third kappa shape index (κ3) is 4.34. The number of halogens is 1. The smallest absolute Gasteiger partial charge is 0.252 e. The van der Waals surface area contributed by atoms with E-state index in [1.165, 1.54) is 15.6 Å². The Kier molecular flexibility index (Phi) is 6.13. The highest BCUT2D eigenvalue weighted by Gasteiger charge is 2.32. The van der Waals surface area contributed by atoms with Crippen LogP contribution >= 0.6 is 27.3 Å². The lowest BCUT2D eigenvalue weighted by Crippen LogP contribution is -2.53. The van der Waals surface area contributed by atoms with Gasteiger partial charge in [0.1, 0.15) is 4.21 Å². The number of carbonyl (C=O) groups excluding carboxylic acids is 1. The van der Waals surface area contributed by atoms with Crippen LogP contribution in [0.4, 0.5) is 5.69 Å². The number of hydrogen-bond donors (Lipinski definition) is 1. The fourth-order valence-corrected chi connectivity index (χ4v) is 5.81. The minimum atomic E-state index is -3.42. The minimum Gasteiger partial charge on any atom is -0.325 e. The van der Waals surface area contributed by atoms with Crippen molar-refractivity contribution in [3.8, 4) is 0 Å². The van der Waals surface area contributed by atoms with Gasteiger partial charge in [0.15, 0.2) is 0 Å². The van der Waals surface area contributed by atoms with Crippen molar-refractivity contribution in [2.24, 2.45) is 0 Å². The molecule has 3 rings (SSSR count). The molecule has 9 heteroatoms. The predicted octanol–water partition coefficient (Wildman–Crippen LogP) is 2.84. The van der Waals surface area contributed by atoms with E-state index in [2.05, 4.69) is 21.2 Å². The van der Waals surface area contributed by atoms with Crippen LogP contribution in [-0.2, 0) is 14.8 Å². The van der Waals surface area contributed by atoms with E-state index in [0.29, 0.717) is 30.4 Å². The second kappa shape index (κ2) is 8.18. The van der Waals surface area contributed by atoms with Crippen LogP contribution in [0.15, 0.2) is 50.5 Å². The lowest BCUT2D eigenvalue weighted by atomic mass is 10.2. The van der Waals surface area contributed by atoms with Gasteiger partial charge in [0.2, 0.25) is 5.91 Å². The van der Waals surface area contributed by atoms with Crippen molar-refractivity contribution < 1.29 is 13.2 Å². The van der Waals surface area contributed by atoms with Crippen LogP contribution in [0.2, 0.25) is 0 Å². The molecule has 26 heavy (non-hydrogen) atoms. The number of nitrogens with one attached hydrogen (secondary N) is 1. The molecule has 1 atom stereocenters. The van der Waals surface area contributed by atoms with E-state index in [1.54, 1.807) is 17.5 Å². The maximum atomic E-state index is 12.6. The van der Waals surface area contributed by atoms with Crippen molar-refractivity contribution >= 4 is 48.9 Å². The Labute approximate surface area is 166 Å². The molecule has 1 unspecified atom stereocenters. The first kappa shape index (κ1) is 19.5. The quantitative estimate of drug-likeness (QED) is 0.748. The van der Waals surface area contributed by atoms with Crippen LogP contribution in [-0.4, -0.2) is 55.8 Å². The molecule has 0 saturated carbocycles. The first-order chi connectivity index (χ1) is 12.4. The first-order valence-corrected chi connectivity index (χ1v) is 11.3. The average molecular weight is 458 g/mol. The summed E-state index contributed by atoms with van der Waals surface area (Å²) in [6.07, 6.45) is 0. The SMILES string of the molecule is CC(C(=O)Nc1cccc(Br)c1)N1CCN(S(=O)(=O)c2cccs2)CC1. The lowest BCUT2D eigenvalue weighted by Gasteiger charge is -2.36. The van der Waals surface area contributed by atoms with Gasteiger partial charge in [-0.1, -0.05) is 28.1 Å². The van der Waals surface area contributed by atoms with E-state index in [4.69, 9.17) is 0 Å². The molecule has 0 bridgehead atoms. The van der Waals surface area contributed by atoms with Gasteiger partial charge in [-0.2, -0.15) is 4.31 Å². The highest BCUT2D eigenvalue weighted by atomic mass is 79.9. The summed E-state index contributed by atoms with van der Waals surface area (Å²) in [5, 5.41) is 4.66. The zero-order chi connectivity index (χ0) is 18.7. The van der Waals surface area contributed by atoms with Gasteiger partial charge >= 0.3 is 0 Å². The largest absolute Gasteiger partial charge is 0.325 e. The van der Waals surface area contributed by atoms with Crippen LogP contribution in [0.1, 0.15) is 6.92 Å². The van der Waals surface area contributed by atoms with E-state index in [0.717, 1.165) is 10.2 Å². The fraction of sp³-hybridized carbons (Fsp3) is 0.353. The number of carbonyl (C=O) groups is 1. The van der Waals surface area contributed by atoms with E-state index >= 15 is 0 Å². The van der Waals surface area contributed by atoms with Crippen LogP contribution in [0.25, 0.3) is 0 Å². The molecule has 1 saturated heterocycles. The molecule has 1 aromatic carbocycles. The summed E-state index contributed by atoms with van der Waals surface area (Å²) in [5.74, 6) is -0.0994. The molecule has 1 aliphatic rings. The number of rotatable bonds is 5. The summed E-state index contributed by atoms with van der Waals surface area (Å²) in [4.78, 5) is 14.5. The molecule has 1 aliphatic heterocycles. The van der Waals surface area contributed by atoms with Crippen molar-refractivity contribution in [2.45, 2.75) is 17.2 Å². The summed E-state index contributed by atoms with van der Waals surface area (Å²) >= 11 is 4.61. The maximum absolute atomic E-state index is 12.6.